The van der Waals surface area contributed by atoms with Crippen LogP contribution in [0.2, 0.25) is 0 Å². The maximum atomic E-state index is 13.1. The standard InChI is InChI=1S/C24H25F3N4O3/c1-30(21-5-3-4-20-29-19(14-31(20)21)24(25,26)27)18-12-10-17(11-13-18)28-22(32)15-6-8-16(9-7-15)23(33)34-2/h3-9,14,17-18H,10-13H2,1-2H3,(H,28,32)/t17-,18+. The summed E-state index contributed by atoms with van der Waals surface area (Å²) >= 11 is 0. The van der Waals surface area contributed by atoms with Crippen LogP contribution in [0.25, 0.3) is 5.65 Å². The van der Waals surface area contributed by atoms with E-state index in [4.69, 9.17) is 0 Å². The molecule has 1 saturated carbocycles. The Morgan fingerprint density at radius 2 is 1.71 bits per heavy atom. The lowest BCUT2D eigenvalue weighted by molar-refractivity contribution is -0.140. The van der Waals surface area contributed by atoms with Gasteiger partial charge in [0.2, 0.25) is 0 Å². The van der Waals surface area contributed by atoms with Gasteiger partial charge in [-0.3, -0.25) is 9.20 Å². The van der Waals surface area contributed by atoms with Crippen LogP contribution >= 0.6 is 0 Å². The number of benzene rings is 1. The Hall–Kier alpha value is -3.56. The number of carbonyl (C=O) groups excluding carboxylic acids is 2. The monoisotopic (exact) mass is 474 g/mol. The molecule has 1 aliphatic carbocycles. The number of nitrogens with one attached hydrogen (secondary N) is 1. The first-order chi connectivity index (χ1) is 16.2. The molecule has 4 rings (SSSR count). The molecule has 0 bridgehead atoms. The van der Waals surface area contributed by atoms with E-state index in [0.717, 1.165) is 31.9 Å². The number of halogens is 3. The van der Waals surface area contributed by atoms with Crippen molar-refractivity contribution in [3.05, 3.63) is 65.5 Å². The molecule has 2 aromatic heterocycles. The summed E-state index contributed by atoms with van der Waals surface area (Å²) < 4.78 is 45.5. The molecule has 1 N–H and O–H groups in total. The maximum absolute atomic E-state index is 13.1. The van der Waals surface area contributed by atoms with Gasteiger partial charge in [-0.25, -0.2) is 9.78 Å². The minimum atomic E-state index is -4.50. The second-order valence-corrected chi connectivity index (χ2v) is 8.39. The van der Waals surface area contributed by atoms with Crippen molar-refractivity contribution < 1.29 is 27.5 Å². The highest BCUT2D eigenvalue weighted by molar-refractivity contribution is 5.96. The molecule has 1 aromatic carbocycles. The van der Waals surface area contributed by atoms with E-state index in [0.29, 0.717) is 16.9 Å². The number of fused-ring (bicyclic) bond motifs is 1. The van der Waals surface area contributed by atoms with Crippen molar-refractivity contribution in [1.29, 1.82) is 0 Å². The number of imidazole rings is 1. The first kappa shape index (κ1) is 23.6. The summed E-state index contributed by atoms with van der Waals surface area (Å²) in [6.45, 7) is 0. The van der Waals surface area contributed by atoms with Crippen molar-refractivity contribution in [1.82, 2.24) is 14.7 Å². The largest absolute Gasteiger partial charge is 0.465 e. The van der Waals surface area contributed by atoms with Gasteiger partial charge in [0.15, 0.2) is 5.69 Å². The second kappa shape index (κ2) is 9.36. The average molecular weight is 474 g/mol. The number of nitrogens with zero attached hydrogens (tertiary/aromatic N) is 3. The third-order valence-corrected chi connectivity index (χ3v) is 6.27. The third-order valence-electron chi connectivity index (χ3n) is 6.27. The third kappa shape index (κ3) is 4.85. The molecular weight excluding hydrogens is 449 g/mol. The zero-order valence-electron chi connectivity index (χ0n) is 18.8. The van der Waals surface area contributed by atoms with Crippen LogP contribution in [0.1, 0.15) is 52.1 Å². The molecule has 0 saturated heterocycles. The minimum absolute atomic E-state index is 0.00157. The van der Waals surface area contributed by atoms with E-state index < -0.39 is 17.8 Å². The lowest BCUT2D eigenvalue weighted by Gasteiger charge is -2.36. The summed E-state index contributed by atoms with van der Waals surface area (Å²) in [5.74, 6) is -0.0369. The predicted molar refractivity (Wildman–Crippen MR) is 120 cm³/mol. The summed E-state index contributed by atoms with van der Waals surface area (Å²) in [5, 5.41) is 3.03. The van der Waals surface area contributed by atoms with Crippen LogP contribution in [0.3, 0.4) is 0 Å². The fourth-order valence-electron chi connectivity index (χ4n) is 4.36. The van der Waals surface area contributed by atoms with Crippen LogP contribution in [-0.2, 0) is 10.9 Å². The molecule has 180 valence electrons. The van der Waals surface area contributed by atoms with Crippen molar-refractivity contribution in [2.75, 3.05) is 19.1 Å². The summed E-state index contributed by atoms with van der Waals surface area (Å²) in [7, 11) is 3.17. The van der Waals surface area contributed by atoms with Crippen molar-refractivity contribution in [2.45, 2.75) is 43.9 Å². The van der Waals surface area contributed by atoms with E-state index >= 15 is 0 Å². The Balaban J connectivity index is 1.38. The summed E-state index contributed by atoms with van der Waals surface area (Å²) in [4.78, 5) is 29.8. The van der Waals surface area contributed by atoms with Crippen molar-refractivity contribution in [3.63, 3.8) is 0 Å². The van der Waals surface area contributed by atoms with E-state index in [2.05, 4.69) is 15.0 Å². The number of hydrogen-bond donors (Lipinski definition) is 1. The zero-order valence-corrected chi connectivity index (χ0v) is 18.8. The number of anilines is 1. The minimum Gasteiger partial charge on any atom is -0.465 e. The molecule has 0 atom stereocenters. The molecule has 3 aromatic rings. The van der Waals surface area contributed by atoms with Crippen molar-refractivity contribution >= 4 is 23.3 Å². The van der Waals surface area contributed by atoms with Gasteiger partial charge in [0.1, 0.15) is 11.5 Å². The van der Waals surface area contributed by atoms with E-state index in [9.17, 15) is 22.8 Å². The molecular formula is C24H25F3N4O3. The molecule has 2 heterocycles. The maximum Gasteiger partial charge on any atom is 0.434 e. The van der Waals surface area contributed by atoms with Crippen LogP contribution in [0.4, 0.5) is 19.0 Å². The van der Waals surface area contributed by atoms with Gasteiger partial charge in [0.05, 0.1) is 12.7 Å². The van der Waals surface area contributed by atoms with Gasteiger partial charge in [-0.15, -0.1) is 0 Å². The quantitative estimate of drug-likeness (QED) is 0.558. The topological polar surface area (TPSA) is 75.9 Å². The lowest BCUT2D eigenvalue weighted by Crippen LogP contribution is -2.43. The molecule has 7 nitrogen and oxygen atoms in total. The number of carbonyl (C=O) groups is 2. The SMILES string of the molecule is COC(=O)c1ccc(C(=O)N[C@H]2CC[C@@H](N(C)c3cccc4nc(C(F)(F)F)cn34)CC2)cc1. The lowest BCUT2D eigenvalue weighted by atomic mass is 9.90. The van der Waals surface area contributed by atoms with Gasteiger partial charge in [-0.1, -0.05) is 6.07 Å². The normalized spacial score (nSPS) is 18.5. The van der Waals surface area contributed by atoms with Gasteiger partial charge in [-0.2, -0.15) is 13.2 Å². The summed E-state index contributed by atoms with van der Waals surface area (Å²) in [6, 6.07) is 11.4. The van der Waals surface area contributed by atoms with Crippen LogP contribution in [0.5, 0.6) is 0 Å². The van der Waals surface area contributed by atoms with Gasteiger partial charge in [0, 0.05) is 30.9 Å². The Morgan fingerprint density at radius 3 is 2.32 bits per heavy atom. The number of rotatable bonds is 5. The molecule has 0 radical (unpaired) electrons. The Bertz CT molecular complexity index is 1180. The molecule has 10 heteroatoms. The smallest absolute Gasteiger partial charge is 0.434 e. The molecule has 1 aliphatic rings. The highest BCUT2D eigenvalue weighted by atomic mass is 19.4. The fraction of sp³-hybridized carbons (Fsp3) is 0.375. The number of esters is 1. The second-order valence-electron chi connectivity index (χ2n) is 8.39. The average Bonchev–Trinajstić information content (AvgIpc) is 3.29. The van der Waals surface area contributed by atoms with E-state index in [-0.39, 0.29) is 23.6 Å². The fourth-order valence-corrected chi connectivity index (χ4v) is 4.36. The molecule has 0 aliphatic heterocycles. The van der Waals surface area contributed by atoms with E-state index in [1.165, 1.54) is 11.5 Å². The van der Waals surface area contributed by atoms with Crippen molar-refractivity contribution in [3.8, 4) is 0 Å². The summed E-state index contributed by atoms with van der Waals surface area (Å²) in [5.41, 5.74) is 0.159. The van der Waals surface area contributed by atoms with Crippen LogP contribution in [0, 0.1) is 0 Å². The van der Waals surface area contributed by atoms with E-state index in [1.807, 2.05) is 11.9 Å². The van der Waals surface area contributed by atoms with Gasteiger partial charge >= 0.3 is 12.1 Å². The Labute approximate surface area is 194 Å². The van der Waals surface area contributed by atoms with Crippen LogP contribution < -0.4 is 10.2 Å². The number of alkyl halides is 3. The predicted octanol–water partition coefficient (Wildman–Crippen LogP) is 4.32. The van der Waals surface area contributed by atoms with Crippen LogP contribution in [-0.4, -0.2) is 47.5 Å². The number of ether oxygens (including phenoxy) is 1. The van der Waals surface area contributed by atoms with Gasteiger partial charge in [-0.05, 0) is 62.1 Å². The molecule has 0 spiro atoms. The van der Waals surface area contributed by atoms with Crippen LogP contribution in [0.15, 0.2) is 48.7 Å². The Morgan fingerprint density at radius 1 is 1.06 bits per heavy atom. The van der Waals surface area contributed by atoms with Gasteiger partial charge in [0.25, 0.3) is 5.91 Å². The zero-order chi connectivity index (χ0) is 24.5. The first-order valence-electron chi connectivity index (χ1n) is 10.9. The van der Waals surface area contributed by atoms with E-state index in [1.54, 1.807) is 42.5 Å². The number of pyridine rings is 1. The highest BCUT2D eigenvalue weighted by Gasteiger charge is 2.34. The number of amides is 1. The van der Waals surface area contributed by atoms with Gasteiger partial charge < -0.3 is 15.0 Å². The number of methoxy groups -OCH3 is 1. The molecule has 1 fully saturated rings. The molecule has 0 unspecified atom stereocenters. The molecule has 1 amide bonds. The highest BCUT2D eigenvalue weighted by Crippen LogP contribution is 2.31. The first-order valence-corrected chi connectivity index (χ1v) is 10.9. The van der Waals surface area contributed by atoms with Crippen molar-refractivity contribution in [2.24, 2.45) is 0 Å². The Kier molecular flexibility index (Phi) is 6.49. The summed E-state index contributed by atoms with van der Waals surface area (Å²) in [6.07, 6.45) is -0.431. The number of hydrogen-bond acceptors (Lipinski definition) is 5. The number of aromatic nitrogens is 2. The molecule has 34 heavy (non-hydrogen) atoms.